The number of halogens is 1. The van der Waals surface area contributed by atoms with E-state index in [0.29, 0.717) is 28.8 Å². The van der Waals surface area contributed by atoms with Gasteiger partial charge in [0, 0.05) is 21.8 Å². The maximum Gasteiger partial charge on any atom is 0.244 e. The van der Waals surface area contributed by atoms with E-state index >= 15 is 0 Å². The van der Waals surface area contributed by atoms with E-state index in [1.54, 1.807) is 0 Å². The second kappa shape index (κ2) is 8.52. The van der Waals surface area contributed by atoms with Crippen molar-refractivity contribution in [3.63, 3.8) is 0 Å². The van der Waals surface area contributed by atoms with E-state index in [0.717, 1.165) is 35.2 Å². The molecule has 1 aliphatic heterocycles. The smallest absolute Gasteiger partial charge is 0.244 e. The molecule has 3 aromatic rings. The molecule has 2 heterocycles. The molecule has 0 aliphatic carbocycles. The van der Waals surface area contributed by atoms with Crippen molar-refractivity contribution >= 4 is 11.6 Å². The van der Waals surface area contributed by atoms with Gasteiger partial charge >= 0.3 is 0 Å². The third-order valence-corrected chi connectivity index (χ3v) is 5.45. The van der Waals surface area contributed by atoms with Crippen LogP contribution in [0.3, 0.4) is 0 Å². The van der Waals surface area contributed by atoms with Crippen molar-refractivity contribution in [2.24, 2.45) is 5.73 Å². The molecule has 0 bridgehead atoms. The zero-order valence-corrected chi connectivity index (χ0v) is 17.2. The second-order valence-corrected chi connectivity index (χ2v) is 7.45. The number of aromatic nitrogens is 2. The van der Waals surface area contributed by atoms with Crippen LogP contribution in [-0.2, 0) is 13.0 Å². The maximum absolute atomic E-state index is 9.73. The second-order valence-electron chi connectivity index (χ2n) is 7.04. The standard InChI is InChI=1S/C23H21ClN4O2/c1-2-5-19-21-20(17(12-25)22(26)30-23(21)28-27-19)14-8-10-16(11-9-14)29-13-15-6-3-4-7-18(15)24/h3-4,6-11,20H,2,5,13,26H2,1H3,(H,27,28)/t20-/m1/s1. The summed E-state index contributed by atoms with van der Waals surface area (Å²) < 4.78 is 11.5. The molecule has 3 N–H and O–H groups in total. The summed E-state index contributed by atoms with van der Waals surface area (Å²) in [5.41, 5.74) is 10.1. The van der Waals surface area contributed by atoms with Crippen LogP contribution in [0.5, 0.6) is 11.6 Å². The van der Waals surface area contributed by atoms with Crippen molar-refractivity contribution in [3.05, 3.63) is 87.4 Å². The largest absolute Gasteiger partial charge is 0.489 e. The van der Waals surface area contributed by atoms with Crippen LogP contribution in [0.15, 0.2) is 60.0 Å². The van der Waals surface area contributed by atoms with Gasteiger partial charge in [0.25, 0.3) is 0 Å². The highest BCUT2D eigenvalue weighted by atomic mass is 35.5. The summed E-state index contributed by atoms with van der Waals surface area (Å²) >= 11 is 6.19. The van der Waals surface area contributed by atoms with Crippen LogP contribution in [-0.4, -0.2) is 10.2 Å². The molecule has 1 aromatic heterocycles. The van der Waals surface area contributed by atoms with Crippen molar-refractivity contribution in [1.82, 2.24) is 10.2 Å². The number of fused-ring (bicyclic) bond motifs is 1. The molecule has 0 radical (unpaired) electrons. The summed E-state index contributed by atoms with van der Waals surface area (Å²) in [7, 11) is 0. The Morgan fingerprint density at radius 3 is 2.70 bits per heavy atom. The Morgan fingerprint density at radius 2 is 2.00 bits per heavy atom. The molecule has 4 rings (SSSR count). The number of nitrogens with two attached hydrogens (primary N) is 1. The molecule has 0 spiro atoms. The van der Waals surface area contributed by atoms with E-state index in [1.165, 1.54) is 0 Å². The third kappa shape index (κ3) is 3.72. The predicted molar refractivity (Wildman–Crippen MR) is 114 cm³/mol. The van der Waals surface area contributed by atoms with Gasteiger partial charge in [-0.25, -0.2) is 0 Å². The Kier molecular flexibility index (Phi) is 5.64. The minimum atomic E-state index is -0.336. The van der Waals surface area contributed by atoms with E-state index in [4.69, 9.17) is 26.8 Å². The lowest BCUT2D eigenvalue weighted by atomic mass is 9.83. The number of nitrogens with zero attached hydrogens (tertiary/aromatic N) is 2. The normalized spacial score (nSPS) is 15.3. The molecule has 2 aromatic carbocycles. The van der Waals surface area contributed by atoms with Crippen LogP contribution >= 0.6 is 11.6 Å². The average molecular weight is 421 g/mol. The van der Waals surface area contributed by atoms with Gasteiger partial charge in [-0.2, -0.15) is 5.26 Å². The molecule has 30 heavy (non-hydrogen) atoms. The molecule has 0 saturated heterocycles. The minimum absolute atomic E-state index is 0.0867. The fourth-order valence-corrected chi connectivity index (χ4v) is 3.81. The van der Waals surface area contributed by atoms with Gasteiger partial charge in [-0.3, -0.25) is 5.10 Å². The summed E-state index contributed by atoms with van der Waals surface area (Å²) in [6, 6.07) is 17.4. The number of aromatic amines is 1. The molecule has 1 atom stereocenters. The zero-order valence-electron chi connectivity index (χ0n) is 16.5. The summed E-state index contributed by atoms with van der Waals surface area (Å²) in [5.74, 6) is 0.890. The predicted octanol–water partition coefficient (Wildman–Crippen LogP) is 4.81. The molecule has 0 saturated carbocycles. The number of H-pyrrole nitrogens is 1. The summed E-state index contributed by atoms with van der Waals surface area (Å²) in [4.78, 5) is 0. The first kappa shape index (κ1) is 19.9. The average Bonchev–Trinajstić information content (AvgIpc) is 3.15. The van der Waals surface area contributed by atoms with Gasteiger partial charge in [0.15, 0.2) is 0 Å². The first-order chi connectivity index (χ1) is 14.6. The van der Waals surface area contributed by atoms with E-state index in [9.17, 15) is 5.26 Å². The van der Waals surface area contributed by atoms with Crippen LogP contribution in [0.4, 0.5) is 0 Å². The van der Waals surface area contributed by atoms with Gasteiger partial charge in [0.2, 0.25) is 11.8 Å². The molecule has 152 valence electrons. The molecule has 0 unspecified atom stereocenters. The number of hydrogen-bond donors (Lipinski definition) is 2. The Balaban J connectivity index is 1.62. The lowest BCUT2D eigenvalue weighted by molar-refractivity contribution is 0.306. The molecule has 1 aliphatic rings. The lowest BCUT2D eigenvalue weighted by Crippen LogP contribution is -2.21. The highest BCUT2D eigenvalue weighted by Crippen LogP contribution is 2.43. The fourth-order valence-electron chi connectivity index (χ4n) is 3.62. The van der Waals surface area contributed by atoms with Gasteiger partial charge in [-0.15, -0.1) is 5.10 Å². The third-order valence-electron chi connectivity index (χ3n) is 5.08. The molecule has 6 nitrogen and oxygen atoms in total. The summed E-state index contributed by atoms with van der Waals surface area (Å²) in [5, 5.41) is 17.7. The van der Waals surface area contributed by atoms with Crippen LogP contribution in [0.1, 0.15) is 41.6 Å². The summed E-state index contributed by atoms with van der Waals surface area (Å²) in [6.45, 7) is 2.46. The number of aryl methyl sites for hydroxylation is 1. The Morgan fingerprint density at radius 1 is 1.23 bits per heavy atom. The SMILES string of the molecule is CCCc1[nH]nc2c1[C@H](c1ccc(OCc3ccccc3Cl)cc1)C(C#N)=C(N)O2. The van der Waals surface area contributed by atoms with Crippen molar-refractivity contribution in [2.75, 3.05) is 0 Å². The number of rotatable bonds is 6. The first-order valence-corrected chi connectivity index (χ1v) is 10.1. The minimum Gasteiger partial charge on any atom is -0.489 e. The first-order valence-electron chi connectivity index (χ1n) is 9.73. The van der Waals surface area contributed by atoms with Crippen molar-refractivity contribution < 1.29 is 9.47 Å². The van der Waals surface area contributed by atoms with Crippen molar-refractivity contribution in [2.45, 2.75) is 32.3 Å². The summed E-state index contributed by atoms with van der Waals surface area (Å²) in [6.07, 6.45) is 1.75. The number of nitrogens with one attached hydrogen (secondary N) is 1. The topological polar surface area (TPSA) is 97.0 Å². The van der Waals surface area contributed by atoms with E-state index < -0.39 is 0 Å². The Labute approximate surface area is 179 Å². The molecular formula is C23H21ClN4O2. The number of nitriles is 1. The van der Waals surface area contributed by atoms with Gasteiger partial charge in [-0.05, 0) is 30.2 Å². The Hall–Kier alpha value is -3.43. The van der Waals surface area contributed by atoms with Gasteiger partial charge in [0.1, 0.15) is 24.0 Å². The molecule has 0 amide bonds. The van der Waals surface area contributed by atoms with Crippen LogP contribution in [0, 0.1) is 11.3 Å². The number of hydrogen-bond acceptors (Lipinski definition) is 5. The Bertz CT molecular complexity index is 1130. The molecule has 7 heteroatoms. The number of ether oxygens (including phenoxy) is 2. The quantitative estimate of drug-likeness (QED) is 0.596. The van der Waals surface area contributed by atoms with Crippen LogP contribution in [0.25, 0.3) is 0 Å². The van der Waals surface area contributed by atoms with E-state index in [1.807, 2.05) is 48.5 Å². The zero-order chi connectivity index (χ0) is 21.1. The highest BCUT2D eigenvalue weighted by molar-refractivity contribution is 6.31. The van der Waals surface area contributed by atoms with Crippen LogP contribution in [0.2, 0.25) is 5.02 Å². The fraction of sp³-hybridized carbons (Fsp3) is 0.217. The number of benzene rings is 2. The van der Waals surface area contributed by atoms with E-state index in [-0.39, 0.29) is 11.8 Å². The lowest BCUT2D eigenvalue weighted by Gasteiger charge is -2.24. The van der Waals surface area contributed by atoms with Gasteiger partial charge in [-0.1, -0.05) is 55.3 Å². The maximum atomic E-state index is 9.73. The highest BCUT2D eigenvalue weighted by Gasteiger charge is 2.34. The van der Waals surface area contributed by atoms with Crippen LogP contribution < -0.4 is 15.2 Å². The van der Waals surface area contributed by atoms with Crippen molar-refractivity contribution in [3.8, 4) is 17.7 Å². The van der Waals surface area contributed by atoms with Crippen molar-refractivity contribution in [1.29, 1.82) is 5.26 Å². The monoisotopic (exact) mass is 420 g/mol. The van der Waals surface area contributed by atoms with E-state index in [2.05, 4.69) is 23.2 Å². The molecule has 0 fully saturated rings. The van der Waals surface area contributed by atoms with Gasteiger partial charge in [0.05, 0.1) is 5.92 Å². The number of allylic oxidation sites excluding steroid dienone is 1. The van der Waals surface area contributed by atoms with Gasteiger partial charge < -0.3 is 15.2 Å². The molecular weight excluding hydrogens is 400 g/mol.